The number of halogens is 4. The van der Waals surface area contributed by atoms with Crippen molar-refractivity contribution in [1.29, 1.82) is 0 Å². The van der Waals surface area contributed by atoms with Crippen LogP contribution in [0.3, 0.4) is 0 Å². The van der Waals surface area contributed by atoms with Gasteiger partial charge in [-0.3, -0.25) is 9.59 Å². The summed E-state index contributed by atoms with van der Waals surface area (Å²) in [5, 5.41) is 9.14. The number of alkyl halides is 3. The summed E-state index contributed by atoms with van der Waals surface area (Å²) in [4.78, 5) is 25.3. The summed E-state index contributed by atoms with van der Waals surface area (Å²) in [5.41, 5.74) is -3.17. The van der Waals surface area contributed by atoms with Crippen molar-refractivity contribution in [3.8, 4) is 0 Å². The molecule has 4 nitrogen and oxygen atoms in total. The highest BCUT2D eigenvalue weighted by atomic mass is 19.4. The van der Waals surface area contributed by atoms with Gasteiger partial charge in [0.15, 0.2) is 5.41 Å². The maximum atomic E-state index is 13.4. The quantitative estimate of drug-likeness (QED) is 0.823. The lowest BCUT2D eigenvalue weighted by molar-refractivity contribution is -0.227. The molecule has 1 aromatic rings. The normalized spacial score (nSPS) is 25.0. The van der Waals surface area contributed by atoms with Crippen molar-refractivity contribution in [3.05, 3.63) is 35.6 Å². The number of rotatable bonds is 4. The number of carboxylic acid groups (broad SMARTS) is 1. The lowest BCUT2D eigenvalue weighted by atomic mass is 9.64. The van der Waals surface area contributed by atoms with Gasteiger partial charge in [0.2, 0.25) is 5.91 Å². The first-order chi connectivity index (χ1) is 12.1. The van der Waals surface area contributed by atoms with Crippen LogP contribution in [0.2, 0.25) is 0 Å². The van der Waals surface area contributed by atoms with Crippen LogP contribution in [-0.2, 0) is 16.0 Å². The molecule has 0 bridgehead atoms. The Bertz CT molecular complexity index is 729. The van der Waals surface area contributed by atoms with Crippen molar-refractivity contribution >= 4 is 11.9 Å². The van der Waals surface area contributed by atoms with Gasteiger partial charge in [-0.1, -0.05) is 18.6 Å². The zero-order valence-corrected chi connectivity index (χ0v) is 14.0. The zero-order chi connectivity index (χ0) is 19.2. The summed E-state index contributed by atoms with van der Waals surface area (Å²) in [6.45, 7) is -1.11. The Kier molecular flexibility index (Phi) is 4.48. The molecule has 1 unspecified atom stereocenters. The molecule has 1 heterocycles. The van der Waals surface area contributed by atoms with Crippen LogP contribution in [0.5, 0.6) is 0 Å². The Labute approximate surface area is 147 Å². The number of benzene rings is 1. The molecule has 1 saturated heterocycles. The van der Waals surface area contributed by atoms with E-state index in [1.54, 1.807) is 6.07 Å². The van der Waals surface area contributed by atoms with Crippen molar-refractivity contribution in [2.45, 2.75) is 38.3 Å². The molecule has 8 heteroatoms. The topological polar surface area (TPSA) is 57.6 Å². The summed E-state index contributed by atoms with van der Waals surface area (Å²) >= 11 is 0. The Balaban J connectivity index is 1.81. The predicted octanol–water partition coefficient (Wildman–Crippen LogP) is 3.40. The number of nitrogens with zero attached hydrogens (tertiary/aromatic N) is 1. The monoisotopic (exact) mass is 373 g/mol. The van der Waals surface area contributed by atoms with E-state index < -0.39 is 47.7 Å². The lowest BCUT2D eigenvalue weighted by Crippen LogP contribution is -2.52. The molecule has 1 saturated carbocycles. The van der Waals surface area contributed by atoms with Crippen molar-refractivity contribution in [2.24, 2.45) is 10.8 Å². The second-order valence-electron chi connectivity index (χ2n) is 7.30. The smallest absolute Gasteiger partial charge is 0.406 e. The van der Waals surface area contributed by atoms with E-state index in [0.717, 1.165) is 11.3 Å². The molecule has 0 radical (unpaired) electrons. The number of likely N-dealkylation sites (tertiary alicyclic amines) is 1. The maximum absolute atomic E-state index is 13.4. The number of hydrogen-bond donors (Lipinski definition) is 1. The van der Waals surface area contributed by atoms with Crippen molar-refractivity contribution < 1.29 is 32.3 Å². The molecule has 1 aliphatic heterocycles. The Morgan fingerprint density at radius 1 is 1.19 bits per heavy atom. The zero-order valence-electron chi connectivity index (χ0n) is 14.0. The molecule has 1 N–H and O–H groups in total. The fraction of sp³-hybridized carbons (Fsp3) is 0.556. The van der Waals surface area contributed by atoms with Gasteiger partial charge in [0.25, 0.3) is 0 Å². The number of amides is 1. The third-order valence-corrected chi connectivity index (χ3v) is 5.70. The number of hydrogen-bond acceptors (Lipinski definition) is 2. The molecule has 1 atom stereocenters. The molecular formula is C18H19F4NO3. The highest BCUT2D eigenvalue weighted by Crippen LogP contribution is 2.50. The third kappa shape index (κ3) is 2.95. The Hall–Kier alpha value is -2.12. The van der Waals surface area contributed by atoms with Gasteiger partial charge in [0.1, 0.15) is 5.82 Å². The van der Waals surface area contributed by atoms with Crippen LogP contribution in [0.25, 0.3) is 0 Å². The van der Waals surface area contributed by atoms with Gasteiger partial charge in [-0.25, -0.2) is 4.39 Å². The molecule has 2 fully saturated rings. The molecule has 1 aromatic carbocycles. The first kappa shape index (κ1) is 18.7. The SMILES string of the molecule is O=C(N1CCC(C(=O)O)(C(F)(F)F)C1)C1(Cc2cccc(F)c2)CCC1. The van der Waals surface area contributed by atoms with Gasteiger partial charge in [0.05, 0.1) is 5.41 Å². The minimum atomic E-state index is -4.93. The second-order valence-corrected chi connectivity index (χ2v) is 7.30. The highest BCUT2D eigenvalue weighted by Gasteiger charge is 2.65. The molecule has 1 aliphatic carbocycles. The lowest BCUT2D eigenvalue weighted by Gasteiger charge is -2.43. The number of aliphatic carboxylic acids is 1. The summed E-state index contributed by atoms with van der Waals surface area (Å²) < 4.78 is 53.4. The van der Waals surface area contributed by atoms with Crippen molar-refractivity contribution in [3.63, 3.8) is 0 Å². The number of carboxylic acids is 1. The van der Waals surface area contributed by atoms with E-state index in [0.29, 0.717) is 18.4 Å². The first-order valence-corrected chi connectivity index (χ1v) is 8.44. The second kappa shape index (κ2) is 6.25. The fourth-order valence-corrected chi connectivity index (χ4v) is 3.95. The molecule has 26 heavy (non-hydrogen) atoms. The molecule has 3 rings (SSSR count). The maximum Gasteiger partial charge on any atom is 0.406 e. The van der Waals surface area contributed by atoms with E-state index in [-0.39, 0.29) is 13.0 Å². The third-order valence-electron chi connectivity index (χ3n) is 5.70. The van der Waals surface area contributed by atoms with E-state index in [1.165, 1.54) is 18.2 Å². The van der Waals surface area contributed by atoms with Crippen LogP contribution in [0.1, 0.15) is 31.2 Å². The van der Waals surface area contributed by atoms with Crippen LogP contribution in [0, 0.1) is 16.6 Å². The highest BCUT2D eigenvalue weighted by molar-refractivity contribution is 5.86. The average molecular weight is 373 g/mol. The van der Waals surface area contributed by atoms with Gasteiger partial charge in [0, 0.05) is 13.1 Å². The first-order valence-electron chi connectivity index (χ1n) is 8.44. The van der Waals surface area contributed by atoms with Crippen LogP contribution in [0.15, 0.2) is 24.3 Å². The summed E-state index contributed by atoms with van der Waals surface area (Å²) in [6, 6.07) is 5.80. The van der Waals surface area contributed by atoms with Crippen LogP contribution >= 0.6 is 0 Å². The van der Waals surface area contributed by atoms with E-state index in [4.69, 9.17) is 5.11 Å². The van der Waals surface area contributed by atoms with E-state index >= 15 is 0 Å². The summed E-state index contributed by atoms with van der Waals surface area (Å²) in [6.07, 6.45) is -3.56. The number of carbonyl (C=O) groups excluding carboxylic acids is 1. The molecule has 1 amide bonds. The van der Waals surface area contributed by atoms with E-state index in [1.807, 2.05) is 0 Å². The van der Waals surface area contributed by atoms with E-state index in [2.05, 4.69) is 0 Å². The molecule has 142 valence electrons. The fourth-order valence-electron chi connectivity index (χ4n) is 3.95. The van der Waals surface area contributed by atoms with Crippen LogP contribution < -0.4 is 0 Å². The minimum Gasteiger partial charge on any atom is -0.481 e. The Morgan fingerprint density at radius 3 is 2.35 bits per heavy atom. The van der Waals surface area contributed by atoms with Gasteiger partial charge in [-0.05, 0) is 43.4 Å². The van der Waals surface area contributed by atoms with Gasteiger partial charge < -0.3 is 10.0 Å². The van der Waals surface area contributed by atoms with Crippen LogP contribution in [0.4, 0.5) is 17.6 Å². The van der Waals surface area contributed by atoms with Gasteiger partial charge in [-0.15, -0.1) is 0 Å². The predicted molar refractivity (Wildman–Crippen MR) is 83.7 cm³/mol. The van der Waals surface area contributed by atoms with Crippen molar-refractivity contribution in [1.82, 2.24) is 4.90 Å². The summed E-state index contributed by atoms with van der Waals surface area (Å²) in [5.74, 6) is -2.85. The number of carbonyl (C=O) groups is 2. The van der Waals surface area contributed by atoms with Gasteiger partial charge in [-0.2, -0.15) is 13.2 Å². The summed E-state index contributed by atoms with van der Waals surface area (Å²) in [7, 11) is 0. The molecule has 0 spiro atoms. The van der Waals surface area contributed by atoms with E-state index in [9.17, 15) is 27.2 Å². The molecule has 0 aromatic heterocycles. The van der Waals surface area contributed by atoms with Crippen LogP contribution in [-0.4, -0.2) is 41.1 Å². The standard InChI is InChI=1S/C18H19F4NO3/c19-13-4-1-3-12(9-13)10-16(5-2-6-16)14(24)23-8-7-17(11-23,15(25)26)18(20,21)22/h1,3-4,9H,2,5-8,10-11H2,(H,25,26). The largest absolute Gasteiger partial charge is 0.481 e. The average Bonchev–Trinajstić information content (AvgIpc) is 2.97. The minimum absolute atomic E-state index is 0.241. The van der Waals surface area contributed by atoms with Gasteiger partial charge >= 0.3 is 12.1 Å². The van der Waals surface area contributed by atoms with Crippen molar-refractivity contribution in [2.75, 3.05) is 13.1 Å². The Morgan fingerprint density at radius 2 is 1.88 bits per heavy atom. The molecular weight excluding hydrogens is 354 g/mol. The molecule has 2 aliphatic rings.